The fourth-order valence-electron chi connectivity index (χ4n) is 2.30. The van der Waals surface area contributed by atoms with Crippen LogP contribution in [-0.4, -0.2) is 34.6 Å². The van der Waals surface area contributed by atoms with Crippen molar-refractivity contribution in [1.29, 1.82) is 0 Å². The molecule has 0 unspecified atom stereocenters. The number of aromatic nitrogens is 2. The van der Waals surface area contributed by atoms with E-state index in [1.807, 2.05) is 0 Å². The third kappa shape index (κ3) is 1.61. The summed E-state index contributed by atoms with van der Waals surface area (Å²) in [4.78, 5) is 11.0. The molecule has 0 aromatic carbocycles. The molecule has 2 heterocycles. The van der Waals surface area contributed by atoms with Gasteiger partial charge in [-0.25, -0.2) is 0 Å². The van der Waals surface area contributed by atoms with Crippen LogP contribution in [0.2, 0.25) is 0 Å². The molecule has 1 aliphatic carbocycles. The lowest BCUT2D eigenvalue weighted by molar-refractivity contribution is 0.237. The number of nitrogens with zero attached hydrogens (tertiary/aromatic N) is 3. The Morgan fingerprint density at radius 2 is 2.19 bits per heavy atom. The van der Waals surface area contributed by atoms with E-state index < -0.39 is 0 Å². The van der Waals surface area contributed by atoms with E-state index >= 15 is 0 Å². The summed E-state index contributed by atoms with van der Waals surface area (Å²) in [5, 5.41) is 0. The lowest BCUT2D eigenvalue weighted by Crippen LogP contribution is -2.33. The molecule has 86 valence electrons. The van der Waals surface area contributed by atoms with E-state index in [9.17, 15) is 0 Å². The number of ether oxygens (including phenoxy) is 1. The topological polar surface area (TPSA) is 64.3 Å². The standard InChI is InChI=1S/C11H16N4O/c1-16-11-13-9-6-15(7-2-3-7)5-4-8(9)10(12)14-11/h7H,2-6H2,1H3,(H2,12,13,14). The first kappa shape index (κ1) is 9.84. The highest BCUT2D eigenvalue weighted by Crippen LogP contribution is 2.32. The van der Waals surface area contributed by atoms with Crippen molar-refractivity contribution >= 4 is 5.82 Å². The van der Waals surface area contributed by atoms with Crippen LogP contribution >= 0.6 is 0 Å². The quantitative estimate of drug-likeness (QED) is 0.790. The maximum Gasteiger partial charge on any atom is 0.318 e. The van der Waals surface area contributed by atoms with Crippen LogP contribution in [0.5, 0.6) is 6.01 Å². The summed E-state index contributed by atoms with van der Waals surface area (Å²) in [6.07, 6.45) is 3.61. The van der Waals surface area contributed by atoms with Crippen molar-refractivity contribution < 1.29 is 4.74 Å². The second-order valence-electron chi connectivity index (χ2n) is 4.47. The molecule has 0 radical (unpaired) electrons. The Hall–Kier alpha value is -1.36. The number of hydrogen-bond acceptors (Lipinski definition) is 5. The van der Waals surface area contributed by atoms with Crippen molar-refractivity contribution in [2.24, 2.45) is 0 Å². The van der Waals surface area contributed by atoms with Crippen molar-refractivity contribution in [3.63, 3.8) is 0 Å². The normalized spacial score (nSPS) is 20.6. The minimum Gasteiger partial charge on any atom is -0.467 e. The van der Waals surface area contributed by atoms with Crippen molar-refractivity contribution in [2.45, 2.75) is 31.8 Å². The van der Waals surface area contributed by atoms with Crippen molar-refractivity contribution in [3.05, 3.63) is 11.3 Å². The van der Waals surface area contributed by atoms with Gasteiger partial charge in [-0.05, 0) is 19.3 Å². The summed E-state index contributed by atoms with van der Waals surface area (Å²) in [5.41, 5.74) is 8.06. The predicted octanol–water partition coefficient (Wildman–Crippen LogP) is 0.588. The molecule has 2 aliphatic rings. The SMILES string of the molecule is COc1nc(N)c2c(n1)CN(C1CC1)CC2. The summed E-state index contributed by atoms with van der Waals surface area (Å²) in [6, 6.07) is 1.16. The van der Waals surface area contributed by atoms with Gasteiger partial charge in [0, 0.05) is 24.7 Å². The predicted molar refractivity (Wildman–Crippen MR) is 60.1 cm³/mol. The summed E-state index contributed by atoms with van der Waals surface area (Å²) in [7, 11) is 1.57. The first-order valence-electron chi connectivity index (χ1n) is 5.71. The van der Waals surface area contributed by atoms with Crippen molar-refractivity contribution in [1.82, 2.24) is 14.9 Å². The van der Waals surface area contributed by atoms with Crippen molar-refractivity contribution in [2.75, 3.05) is 19.4 Å². The number of rotatable bonds is 2. The van der Waals surface area contributed by atoms with Gasteiger partial charge < -0.3 is 10.5 Å². The highest BCUT2D eigenvalue weighted by atomic mass is 16.5. The summed E-state index contributed by atoms with van der Waals surface area (Å²) in [6.45, 7) is 1.97. The van der Waals surface area contributed by atoms with Gasteiger partial charge in [0.15, 0.2) is 0 Å². The molecule has 1 aliphatic heterocycles. The average molecular weight is 220 g/mol. The van der Waals surface area contributed by atoms with Gasteiger partial charge in [0.1, 0.15) is 5.82 Å². The maximum absolute atomic E-state index is 5.91. The fraction of sp³-hybridized carbons (Fsp3) is 0.636. The van der Waals surface area contributed by atoms with Gasteiger partial charge in [-0.1, -0.05) is 0 Å². The minimum atomic E-state index is 0.383. The minimum absolute atomic E-state index is 0.383. The molecule has 2 N–H and O–H groups in total. The van der Waals surface area contributed by atoms with Crippen LogP contribution in [0.15, 0.2) is 0 Å². The highest BCUT2D eigenvalue weighted by Gasteiger charge is 2.32. The van der Waals surface area contributed by atoms with Gasteiger partial charge in [0.05, 0.1) is 12.8 Å². The molecule has 5 nitrogen and oxygen atoms in total. The molecule has 5 heteroatoms. The van der Waals surface area contributed by atoms with Crippen LogP contribution < -0.4 is 10.5 Å². The van der Waals surface area contributed by atoms with E-state index in [-0.39, 0.29) is 0 Å². The molecule has 0 saturated heterocycles. The number of fused-ring (bicyclic) bond motifs is 1. The first-order valence-corrected chi connectivity index (χ1v) is 5.71. The summed E-state index contributed by atoms with van der Waals surface area (Å²) in [5.74, 6) is 0.581. The van der Waals surface area contributed by atoms with E-state index in [1.165, 1.54) is 12.8 Å². The fourth-order valence-corrected chi connectivity index (χ4v) is 2.30. The van der Waals surface area contributed by atoms with E-state index in [2.05, 4.69) is 14.9 Å². The molecule has 1 aromatic heterocycles. The van der Waals surface area contributed by atoms with Gasteiger partial charge in [-0.15, -0.1) is 0 Å². The maximum atomic E-state index is 5.91. The van der Waals surface area contributed by atoms with Crippen LogP contribution in [-0.2, 0) is 13.0 Å². The Kier molecular flexibility index (Phi) is 2.21. The molecule has 1 fully saturated rings. The lowest BCUT2D eigenvalue weighted by atomic mass is 10.1. The first-order chi connectivity index (χ1) is 7.78. The van der Waals surface area contributed by atoms with Gasteiger partial charge in [0.25, 0.3) is 0 Å². The third-order valence-corrected chi connectivity index (χ3v) is 3.35. The molecule has 16 heavy (non-hydrogen) atoms. The van der Waals surface area contributed by atoms with E-state index in [1.54, 1.807) is 7.11 Å². The van der Waals surface area contributed by atoms with Crippen LogP contribution in [0.25, 0.3) is 0 Å². The Bertz CT molecular complexity index is 417. The number of nitrogen functional groups attached to an aromatic ring is 1. The molecule has 1 aromatic rings. The van der Waals surface area contributed by atoms with Gasteiger partial charge in [-0.2, -0.15) is 9.97 Å². The zero-order valence-electron chi connectivity index (χ0n) is 9.44. The number of anilines is 1. The van der Waals surface area contributed by atoms with Gasteiger partial charge in [0.2, 0.25) is 0 Å². The van der Waals surface area contributed by atoms with Gasteiger partial charge >= 0.3 is 6.01 Å². The molecule has 1 saturated carbocycles. The number of methoxy groups -OCH3 is 1. The third-order valence-electron chi connectivity index (χ3n) is 3.35. The molecule has 0 atom stereocenters. The highest BCUT2D eigenvalue weighted by molar-refractivity contribution is 5.44. The Morgan fingerprint density at radius 3 is 2.88 bits per heavy atom. The van der Waals surface area contributed by atoms with E-state index in [0.29, 0.717) is 11.8 Å². The molecule has 0 amide bonds. The van der Waals surface area contributed by atoms with Crippen LogP contribution in [0.3, 0.4) is 0 Å². The van der Waals surface area contributed by atoms with Gasteiger partial charge in [-0.3, -0.25) is 4.90 Å². The van der Waals surface area contributed by atoms with E-state index in [4.69, 9.17) is 10.5 Å². The molecular formula is C11H16N4O. The smallest absolute Gasteiger partial charge is 0.318 e. The molecule has 0 bridgehead atoms. The van der Waals surface area contributed by atoms with Crippen LogP contribution in [0, 0.1) is 0 Å². The van der Waals surface area contributed by atoms with E-state index in [0.717, 1.165) is 36.8 Å². The second kappa shape index (κ2) is 3.59. The Balaban J connectivity index is 1.92. The Morgan fingerprint density at radius 1 is 1.38 bits per heavy atom. The van der Waals surface area contributed by atoms with Crippen LogP contribution in [0.4, 0.5) is 5.82 Å². The molecular weight excluding hydrogens is 204 g/mol. The molecule has 0 spiro atoms. The average Bonchev–Trinajstić information content (AvgIpc) is 3.12. The largest absolute Gasteiger partial charge is 0.467 e. The zero-order chi connectivity index (χ0) is 11.1. The summed E-state index contributed by atoms with van der Waals surface area (Å²) >= 11 is 0. The number of hydrogen-bond donors (Lipinski definition) is 1. The van der Waals surface area contributed by atoms with Crippen LogP contribution in [0.1, 0.15) is 24.1 Å². The summed E-state index contributed by atoms with van der Waals surface area (Å²) < 4.78 is 5.05. The second-order valence-corrected chi connectivity index (χ2v) is 4.47. The lowest BCUT2D eigenvalue weighted by Gasteiger charge is -2.28. The number of nitrogens with two attached hydrogens (primary N) is 1. The van der Waals surface area contributed by atoms with Crippen molar-refractivity contribution in [3.8, 4) is 6.01 Å². The zero-order valence-corrected chi connectivity index (χ0v) is 9.44. The molecule has 3 rings (SSSR count). The Labute approximate surface area is 94.6 Å². The monoisotopic (exact) mass is 220 g/mol.